The molecule has 8 heteroatoms. The molecular formula is C18H23N3O4S. The minimum Gasteiger partial charge on any atom is -0.376 e. The lowest BCUT2D eigenvalue weighted by Crippen LogP contribution is -2.51. The van der Waals surface area contributed by atoms with Crippen molar-refractivity contribution >= 4 is 15.9 Å². The van der Waals surface area contributed by atoms with E-state index in [9.17, 15) is 13.2 Å². The smallest absolute Gasteiger partial charge is 0.268 e. The Balaban J connectivity index is 1.94. The van der Waals surface area contributed by atoms with Crippen LogP contribution in [0.1, 0.15) is 36.3 Å². The van der Waals surface area contributed by atoms with E-state index in [4.69, 9.17) is 9.88 Å². The van der Waals surface area contributed by atoms with Gasteiger partial charge in [-0.05, 0) is 31.9 Å². The van der Waals surface area contributed by atoms with Gasteiger partial charge in [0, 0.05) is 19.3 Å². The Morgan fingerprint density at radius 2 is 2.08 bits per heavy atom. The molecule has 1 amide bonds. The molecule has 3 N–H and O–H groups in total. The first-order chi connectivity index (χ1) is 12.2. The van der Waals surface area contributed by atoms with E-state index in [1.54, 1.807) is 4.57 Å². The molecule has 1 aliphatic heterocycles. The van der Waals surface area contributed by atoms with Crippen molar-refractivity contribution in [3.8, 4) is 0 Å². The number of carbonyl (C=O) groups is 1. The van der Waals surface area contributed by atoms with Gasteiger partial charge in [0.05, 0.1) is 11.6 Å². The van der Waals surface area contributed by atoms with Crippen LogP contribution in [0.15, 0.2) is 47.5 Å². The molecule has 140 valence electrons. The van der Waals surface area contributed by atoms with Crippen LogP contribution in [0, 0.1) is 0 Å². The lowest BCUT2D eigenvalue weighted by Gasteiger charge is -2.29. The fourth-order valence-electron chi connectivity index (χ4n) is 3.06. The second kappa shape index (κ2) is 6.86. The van der Waals surface area contributed by atoms with Gasteiger partial charge in [-0.25, -0.2) is 13.6 Å². The summed E-state index contributed by atoms with van der Waals surface area (Å²) in [6.07, 6.45) is 1.97. The first kappa shape index (κ1) is 18.6. The van der Waals surface area contributed by atoms with Gasteiger partial charge in [0.1, 0.15) is 10.6 Å². The van der Waals surface area contributed by atoms with Crippen molar-refractivity contribution in [3.63, 3.8) is 0 Å². The molecule has 3 rings (SSSR count). The molecule has 2 aromatic rings. The van der Waals surface area contributed by atoms with Crippen LogP contribution in [-0.4, -0.2) is 37.1 Å². The number of carbonyl (C=O) groups excluding carboxylic acids is 1. The number of nitrogens with zero attached hydrogens (tertiary/aromatic N) is 1. The van der Waals surface area contributed by atoms with E-state index >= 15 is 0 Å². The van der Waals surface area contributed by atoms with Gasteiger partial charge in [-0.15, -0.1) is 0 Å². The van der Waals surface area contributed by atoms with Crippen LogP contribution >= 0.6 is 0 Å². The summed E-state index contributed by atoms with van der Waals surface area (Å²) >= 11 is 0. The molecule has 2 atom stereocenters. The van der Waals surface area contributed by atoms with Crippen LogP contribution < -0.4 is 10.5 Å². The lowest BCUT2D eigenvalue weighted by atomic mass is 9.94. The number of aromatic nitrogens is 1. The normalized spacial score (nSPS) is 23.1. The van der Waals surface area contributed by atoms with Crippen LogP contribution in [0.3, 0.4) is 0 Å². The van der Waals surface area contributed by atoms with Gasteiger partial charge in [0.25, 0.3) is 5.91 Å². The minimum atomic E-state index is -3.91. The number of ether oxygens (including phenoxy) is 1. The highest BCUT2D eigenvalue weighted by molar-refractivity contribution is 7.89. The van der Waals surface area contributed by atoms with Crippen LogP contribution in [0.4, 0.5) is 0 Å². The maximum absolute atomic E-state index is 12.9. The molecule has 0 radical (unpaired) electrons. The molecule has 0 bridgehead atoms. The van der Waals surface area contributed by atoms with Crippen molar-refractivity contribution in [3.05, 3.63) is 53.9 Å². The number of rotatable bonds is 5. The minimum absolute atomic E-state index is 0.0838. The van der Waals surface area contributed by atoms with E-state index in [0.717, 1.165) is 5.56 Å². The van der Waals surface area contributed by atoms with E-state index in [-0.39, 0.29) is 22.6 Å². The Morgan fingerprint density at radius 3 is 2.65 bits per heavy atom. The lowest BCUT2D eigenvalue weighted by molar-refractivity contribution is 0.0721. The molecule has 1 aromatic heterocycles. The third-order valence-electron chi connectivity index (χ3n) is 4.91. The van der Waals surface area contributed by atoms with E-state index in [1.165, 1.54) is 12.3 Å². The molecule has 2 unspecified atom stereocenters. The van der Waals surface area contributed by atoms with Gasteiger partial charge < -0.3 is 14.6 Å². The van der Waals surface area contributed by atoms with E-state index in [1.807, 2.05) is 44.2 Å². The SMILES string of the molecule is CC1OCCC1(C)NC(=O)c1cc(S(N)(=O)=O)cn1Cc1ccccc1. The summed E-state index contributed by atoms with van der Waals surface area (Å²) in [6, 6.07) is 10.8. The highest BCUT2D eigenvalue weighted by Crippen LogP contribution is 2.26. The van der Waals surface area contributed by atoms with Gasteiger partial charge in [0.2, 0.25) is 10.0 Å². The summed E-state index contributed by atoms with van der Waals surface area (Å²) < 4.78 is 30.7. The van der Waals surface area contributed by atoms with Crippen molar-refractivity contribution < 1.29 is 17.9 Å². The van der Waals surface area contributed by atoms with Crippen molar-refractivity contribution in [2.24, 2.45) is 5.14 Å². The maximum atomic E-state index is 12.9. The van der Waals surface area contributed by atoms with E-state index < -0.39 is 15.6 Å². The summed E-state index contributed by atoms with van der Waals surface area (Å²) in [7, 11) is -3.91. The molecule has 1 fully saturated rings. The Labute approximate surface area is 153 Å². The molecule has 7 nitrogen and oxygen atoms in total. The van der Waals surface area contributed by atoms with Crippen molar-refractivity contribution in [2.45, 2.75) is 43.4 Å². The number of amides is 1. The predicted octanol–water partition coefficient (Wildman–Crippen LogP) is 1.48. The molecule has 0 saturated carbocycles. The zero-order chi connectivity index (χ0) is 18.9. The predicted molar refractivity (Wildman–Crippen MR) is 97.3 cm³/mol. The van der Waals surface area contributed by atoms with Crippen molar-refractivity contribution in [2.75, 3.05) is 6.61 Å². The summed E-state index contributed by atoms with van der Waals surface area (Å²) in [5.41, 5.74) is 0.695. The topological polar surface area (TPSA) is 103 Å². The highest BCUT2D eigenvalue weighted by atomic mass is 32.2. The quantitative estimate of drug-likeness (QED) is 0.824. The zero-order valence-electron chi connectivity index (χ0n) is 14.8. The monoisotopic (exact) mass is 377 g/mol. The van der Waals surface area contributed by atoms with E-state index in [0.29, 0.717) is 19.6 Å². The number of benzene rings is 1. The van der Waals surface area contributed by atoms with Gasteiger partial charge in [0.15, 0.2) is 0 Å². The van der Waals surface area contributed by atoms with Crippen LogP contribution in [0.5, 0.6) is 0 Å². The number of hydrogen-bond acceptors (Lipinski definition) is 4. The number of nitrogens with one attached hydrogen (secondary N) is 1. The van der Waals surface area contributed by atoms with E-state index in [2.05, 4.69) is 5.32 Å². The fourth-order valence-corrected chi connectivity index (χ4v) is 3.61. The number of sulfonamides is 1. The van der Waals surface area contributed by atoms with Crippen LogP contribution in [-0.2, 0) is 21.3 Å². The standard InChI is InChI=1S/C18H23N3O4S/c1-13-18(2,8-9-25-13)20-17(22)16-10-15(26(19,23)24)12-21(16)11-14-6-4-3-5-7-14/h3-7,10,12-13H,8-9,11H2,1-2H3,(H,20,22)(H2,19,23,24). The first-order valence-corrected chi connectivity index (χ1v) is 9.95. The molecule has 1 aliphatic rings. The summed E-state index contributed by atoms with van der Waals surface area (Å²) in [4.78, 5) is 12.8. The van der Waals surface area contributed by atoms with Gasteiger partial charge in [-0.2, -0.15) is 0 Å². The van der Waals surface area contributed by atoms with Gasteiger partial charge >= 0.3 is 0 Å². The molecular weight excluding hydrogens is 354 g/mol. The number of hydrogen-bond donors (Lipinski definition) is 2. The number of nitrogens with two attached hydrogens (primary N) is 1. The average molecular weight is 377 g/mol. The Bertz CT molecular complexity index is 908. The zero-order valence-corrected chi connectivity index (χ0v) is 15.6. The van der Waals surface area contributed by atoms with Crippen LogP contribution in [0.25, 0.3) is 0 Å². The maximum Gasteiger partial charge on any atom is 0.268 e. The first-order valence-electron chi connectivity index (χ1n) is 8.40. The molecule has 26 heavy (non-hydrogen) atoms. The highest BCUT2D eigenvalue weighted by Gasteiger charge is 2.39. The van der Waals surface area contributed by atoms with Gasteiger partial charge in [-0.1, -0.05) is 30.3 Å². The Morgan fingerprint density at radius 1 is 1.38 bits per heavy atom. The third kappa shape index (κ3) is 3.82. The van der Waals surface area contributed by atoms with Gasteiger partial charge in [-0.3, -0.25) is 4.79 Å². The second-order valence-corrected chi connectivity index (χ2v) is 8.42. The third-order valence-corrected chi connectivity index (χ3v) is 5.79. The molecule has 1 saturated heterocycles. The number of primary sulfonamides is 1. The summed E-state index contributed by atoms with van der Waals surface area (Å²) in [5, 5.41) is 8.24. The van der Waals surface area contributed by atoms with Crippen molar-refractivity contribution in [1.82, 2.24) is 9.88 Å². The fraction of sp³-hybridized carbons (Fsp3) is 0.389. The average Bonchev–Trinajstić information content (AvgIpc) is 3.13. The largest absolute Gasteiger partial charge is 0.376 e. The molecule has 0 aliphatic carbocycles. The Kier molecular flexibility index (Phi) is 4.92. The summed E-state index contributed by atoms with van der Waals surface area (Å²) in [6.45, 7) is 4.77. The summed E-state index contributed by atoms with van der Waals surface area (Å²) in [5.74, 6) is -0.351. The Hall–Kier alpha value is -2.16. The molecule has 1 aromatic carbocycles. The molecule has 0 spiro atoms. The molecule has 2 heterocycles. The van der Waals surface area contributed by atoms with Crippen LogP contribution in [0.2, 0.25) is 0 Å². The second-order valence-electron chi connectivity index (χ2n) is 6.85. The van der Waals surface area contributed by atoms with Crippen molar-refractivity contribution in [1.29, 1.82) is 0 Å².